The van der Waals surface area contributed by atoms with E-state index in [1.807, 2.05) is 47.8 Å². The molecule has 2 aromatic carbocycles. The van der Waals surface area contributed by atoms with Crippen LogP contribution in [0, 0.1) is 10.1 Å². The molecule has 2 atom stereocenters. The third kappa shape index (κ3) is 4.59. The van der Waals surface area contributed by atoms with Gasteiger partial charge in [-0.3, -0.25) is 14.9 Å². The Hall–Kier alpha value is -4.04. The lowest BCUT2D eigenvalue weighted by atomic mass is 9.72. The molecule has 7 nitrogen and oxygen atoms in total. The number of hydrogen-bond acceptors (Lipinski definition) is 7. The van der Waals surface area contributed by atoms with Gasteiger partial charge < -0.3 is 10.1 Å². The van der Waals surface area contributed by atoms with E-state index in [1.165, 1.54) is 12.1 Å². The number of Topliss-reactive ketones (excluding diaryl/α,β-unsaturated/α-hetero) is 1. The van der Waals surface area contributed by atoms with Crippen molar-refractivity contribution in [2.24, 2.45) is 0 Å². The average molecular weight is 501 g/mol. The number of allylic oxidation sites excluding steroid dienone is 3. The molecule has 0 bridgehead atoms. The fourth-order valence-corrected chi connectivity index (χ4v) is 5.82. The number of nitrogens with one attached hydrogen (secondary N) is 1. The zero-order valence-electron chi connectivity index (χ0n) is 19.6. The molecule has 1 N–H and O–H groups in total. The molecule has 8 heteroatoms. The summed E-state index contributed by atoms with van der Waals surface area (Å²) < 4.78 is 5.66. The number of carbonyl (C=O) groups is 2. The van der Waals surface area contributed by atoms with E-state index in [-0.39, 0.29) is 24.0 Å². The maximum atomic E-state index is 13.6. The zero-order valence-corrected chi connectivity index (χ0v) is 20.4. The summed E-state index contributed by atoms with van der Waals surface area (Å²) in [6.45, 7) is 1.87. The Bertz CT molecular complexity index is 1390. The molecular weight excluding hydrogens is 476 g/mol. The van der Waals surface area contributed by atoms with Gasteiger partial charge in [0, 0.05) is 52.2 Å². The summed E-state index contributed by atoms with van der Waals surface area (Å²) in [6.07, 6.45) is 0.939. The molecule has 36 heavy (non-hydrogen) atoms. The zero-order chi connectivity index (χ0) is 25.2. The first kappa shape index (κ1) is 23.7. The van der Waals surface area contributed by atoms with Crippen molar-refractivity contribution < 1.29 is 19.2 Å². The van der Waals surface area contributed by atoms with E-state index < -0.39 is 16.8 Å². The highest BCUT2D eigenvalue weighted by molar-refractivity contribution is 7.10. The van der Waals surface area contributed by atoms with E-state index >= 15 is 0 Å². The molecule has 0 spiro atoms. The Morgan fingerprint density at radius 3 is 2.64 bits per heavy atom. The molecule has 5 rings (SSSR count). The third-order valence-electron chi connectivity index (χ3n) is 6.62. The average Bonchev–Trinajstić information content (AvgIpc) is 3.42. The van der Waals surface area contributed by atoms with Crippen molar-refractivity contribution in [3.05, 3.63) is 121 Å². The minimum atomic E-state index is -0.749. The molecule has 1 aromatic heterocycles. The van der Waals surface area contributed by atoms with Crippen LogP contribution in [0.4, 0.5) is 5.69 Å². The van der Waals surface area contributed by atoms with Gasteiger partial charge in [-0.15, -0.1) is 11.3 Å². The predicted octanol–water partition coefficient (Wildman–Crippen LogP) is 5.76. The van der Waals surface area contributed by atoms with Crippen LogP contribution in [0.3, 0.4) is 0 Å². The number of non-ortho nitro benzene ring substituents is 1. The molecule has 182 valence electrons. The number of hydrogen-bond donors (Lipinski definition) is 1. The number of thiophene rings is 1. The van der Waals surface area contributed by atoms with Crippen molar-refractivity contribution in [2.75, 3.05) is 0 Å². The molecule has 2 heterocycles. The Balaban J connectivity index is 1.55. The van der Waals surface area contributed by atoms with Crippen LogP contribution in [0.1, 0.15) is 47.6 Å². The topological polar surface area (TPSA) is 98.5 Å². The fraction of sp³-hybridized carbons (Fsp3) is 0.214. The maximum absolute atomic E-state index is 13.6. The van der Waals surface area contributed by atoms with Gasteiger partial charge >= 0.3 is 5.97 Å². The number of nitro groups is 1. The van der Waals surface area contributed by atoms with Crippen LogP contribution in [0.25, 0.3) is 0 Å². The second kappa shape index (κ2) is 9.91. The van der Waals surface area contributed by atoms with Crippen LogP contribution in [0.5, 0.6) is 0 Å². The monoisotopic (exact) mass is 500 g/mol. The molecule has 0 unspecified atom stereocenters. The van der Waals surface area contributed by atoms with Gasteiger partial charge in [-0.05, 0) is 35.9 Å². The molecular formula is C28H24N2O5S. The Morgan fingerprint density at radius 2 is 1.92 bits per heavy atom. The second-order valence-corrected chi connectivity index (χ2v) is 9.93. The highest BCUT2D eigenvalue weighted by atomic mass is 32.1. The van der Waals surface area contributed by atoms with E-state index in [0.717, 1.165) is 16.1 Å². The highest BCUT2D eigenvalue weighted by Gasteiger charge is 2.42. The first-order valence-electron chi connectivity index (χ1n) is 11.6. The number of ketones is 1. The Labute approximate surface area is 212 Å². The molecule has 1 aliphatic heterocycles. The van der Waals surface area contributed by atoms with E-state index in [9.17, 15) is 19.7 Å². The number of benzene rings is 2. The maximum Gasteiger partial charge on any atom is 0.337 e. The molecule has 0 radical (unpaired) electrons. The smallest absolute Gasteiger partial charge is 0.337 e. The minimum Gasteiger partial charge on any atom is -0.457 e. The van der Waals surface area contributed by atoms with Crippen molar-refractivity contribution in [3.8, 4) is 0 Å². The van der Waals surface area contributed by atoms with E-state index in [2.05, 4.69) is 5.32 Å². The van der Waals surface area contributed by atoms with Crippen LogP contribution in [0.15, 0.2) is 94.7 Å². The summed E-state index contributed by atoms with van der Waals surface area (Å²) in [5, 5.41) is 16.8. The van der Waals surface area contributed by atoms with Crippen molar-refractivity contribution in [2.45, 2.75) is 38.2 Å². The SMILES string of the molecule is CC1=C(C(=O)OCc2ccccc2)[C@H](c2cccc([N+](=O)[O-])c2)C2=C(C[C@@H](c3cccs3)CC2=O)N1. The van der Waals surface area contributed by atoms with Crippen LogP contribution >= 0.6 is 11.3 Å². The van der Waals surface area contributed by atoms with Gasteiger partial charge in [0.25, 0.3) is 5.69 Å². The quantitative estimate of drug-likeness (QED) is 0.262. The van der Waals surface area contributed by atoms with E-state index in [0.29, 0.717) is 35.2 Å². The lowest BCUT2D eigenvalue weighted by molar-refractivity contribution is -0.384. The lowest BCUT2D eigenvalue weighted by Crippen LogP contribution is -2.36. The molecule has 3 aromatic rings. The predicted molar refractivity (Wildman–Crippen MR) is 136 cm³/mol. The van der Waals surface area contributed by atoms with Crippen molar-refractivity contribution in [1.29, 1.82) is 0 Å². The number of nitro benzene ring substituents is 1. The minimum absolute atomic E-state index is 0.0499. The summed E-state index contributed by atoms with van der Waals surface area (Å²) in [5.74, 6) is -1.32. The third-order valence-corrected chi connectivity index (χ3v) is 7.65. The summed E-state index contributed by atoms with van der Waals surface area (Å²) >= 11 is 1.62. The van der Waals surface area contributed by atoms with Gasteiger partial charge in [-0.1, -0.05) is 48.5 Å². The summed E-state index contributed by atoms with van der Waals surface area (Å²) in [6, 6.07) is 19.5. The van der Waals surface area contributed by atoms with Gasteiger partial charge in [0.2, 0.25) is 0 Å². The summed E-state index contributed by atoms with van der Waals surface area (Å²) in [4.78, 5) is 39.2. The van der Waals surface area contributed by atoms with Crippen molar-refractivity contribution in [1.82, 2.24) is 5.32 Å². The number of dihydropyridines is 1. The molecule has 0 saturated heterocycles. The normalized spacial score (nSPS) is 19.5. The number of nitrogens with zero attached hydrogens (tertiary/aromatic N) is 1. The van der Waals surface area contributed by atoms with Crippen LogP contribution in [-0.4, -0.2) is 16.7 Å². The Kier molecular flexibility index (Phi) is 6.52. The van der Waals surface area contributed by atoms with Gasteiger partial charge in [-0.2, -0.15) is 0 Å². The van der Waals surface area contributed by atoms with Gasteiger partial charge in [0.15, 0.2) is 5.78 Å². The molecule has 1 aliphatic carbocycles. The molecule has 0 saturated carbocycles. The van der Waals surface area contributed by atoms with E-state index in [4.69, 9.17) is 4.74 Å². The van der Waals surface area contributed by atoms with Crippen molar-refractivity contribution >= 4 is 28.8 Å². The number of ether oxygens (including phenoxy) is 1. The Morgan fingerprint density at radius 1 is 1.11 bits per heavy atom. The van der Waals surface area contributed by atoms with Crippen LogP contribution in [0.2, 0.25) is 0 Å². The van der Waals surface area contributed by atoms with E-state index in [1.54, 1.807) is 30.4 Å². The van der Waals surface area contributed by atoms with Crippen molar-refractivity contribution in [3.63, 3.8) is 0 Å². The van der Waals surface area contributed by atoms with Crippen LogP contribution < -0.4 is 5.32 Å². The second-order valence-electron chi connectivity index (χ2n) is 8.95. The summed E-state index contributed by atoms with van der Waals surface area (Å²) in [5.41, 5.74) is 3.40. The van der Waals surface area contributed by atoms with Gasteiger partial charge in [-0.25, -0.2) is 4.79 Å². The number of carbonyl (C=O) groups excluding carboxylic acids is 2. The van der Waals surface area contributed by atoms with Gasteiger partial charge in [0.05, 0.1) is 10.5 Å². The fourth-order valence-electron chi connectivity index (χ4n) is 4.99. The molecule has 2 aliphatic rings. The standard InChI is InChI=1S/C28H24N2O5S/c1-17-25(28(32)35-16-18-7-3-2-4-8-18)26(19-9-5-10-21(13-19)30(33)34)27-22(29-17)14-20(15-23(27)31)24-11-6-12-36-24/h2-13,20,26,29H,14-16H2,1H3/t20-,26+/m1/s1. The number of esters is 1. The lowest BCUT2D eigenvalue weighted by Gasteiger charge is -2.36. The summed E-state index contributed by atoms with van der Waals surface area (Å²) in [7, 11) is 0. The molecule has 0 amide bonds. The first-order chi connectivity index (χ1) is 17.4. The first-order valence-corrected chi connectivity index (χ1v) is 12.5. The van der Waals surface area contributed by atoms with Crippen LogP contribution in [-0.2, 0) is 20.9 Å². The highest BCUT2D eigenvalue weighted by Crippen LogP contribution is 2.46. The number of rotatable bonds is 6. The molecule has 0 fully saturated rings. The largest absolute Gasteiger partial charge is 0.457 e. The van der Waals surface area contributed by atoms with Gasteiger partial charge in [0.1, 0.15) is 6.61 Å².